The monoisotopic (exact) mass is 569 g/mol. The largest absolute Gasteiger partial charge is 0.383 e. The first-order valence-electron chi connectivity index (χ1n) is 13.5. The first-order chi connectivity index (χ1) is 20.0. The smallest absolute Gasteiger partial charge is 0.265 e. The summed E-state index contributed by atoms with van der Waals surface area (Å²) in [6.45, 7) is 8.77. The Labute approximate surface area is 241 Å². The van der Waals surface area contributed by atoms with Crippen LogP contribution in [0.3, 0.4) is 0 Å². The van der Waals surface area contributed by atoms with E-state index in [1.807, 2.05) is 52.0 Å². The minimum absolute atomic E-state index is 0.215. The topological polar surface area (TPSA) is 112 Å². The number of hydrogen-bond acceptors (Lipinski definition) is 8. The van der Waals surface area contributed by atoms with Gasteiger partial charge in [-0.1, -0.05) is 45.9 Å². The van der Waals surface area contributed by atoms with Crippen LogP contribution >= 0.6 is 11.3 Å². The molecule has 4 aromatic heterocycles. The number of rotatable bonds is 6. The lowest BCUT2D eigenvalue weighted by molar-refractivity contribution is 0.626. The van der Waals surface area contributed by atoms with Crippen LogP contribution in [0, 0.1) is 5.82 Å². The molecule has 6 aromatic rings. The molecule has 0 saturated heterocycles. The van der Waals surface area contributed by atoms with Gasteiger partial charge in [0.2, 0.25) is 0 Å². The highest BCUT2D eigenvalue weighted by Crippen LogP contribution is 2.31. The molecule has 0 aliphatic rings. The van der Waals surface area contributed by atoms with E-state index < -0.39 is 0 Å². The minimum Gasteiger partial charge on any atom is -0.383 e. The summed E-state index contributed by atoms with van der Waals surface area (Å²) in [5, 5.41) is 4.53. The van der Waals surface area contributed by atoms with Crippen LogP contribution in [-0.4, -0.2) is 24.5 Å². The van der Waals surface area contributed by atoms with Crippen molar-refractivity contribution >= 4 is 44.8 Å². The molecule has 3 N–H and O–H groups in total. The third-order valence-corrected chi connectivity index (χ3v) is 7.18. The summed E-state index contributed by atoms with van der Waals surface area (Å²) >= 11 is 1.63. The number of nitrogen functional groups attached to an aromatic ring is 1. The molecular formula is C31H32FN7OS. The van der Waals surface area contributed by atoms with Gasteiger partial charge in [0.05, 0.1) is 30.5 Å². The van der Waals surface area contributed by atoms with Gasteiger partial charge in [-0.3, -0.25) is 9.36 Å². The molecule has 10 heteroatoms. The minimum atomic E-state index is -0.320. The van der Waals surface area contributed by atoms with Crippen LogP contribution in [0.2, 0.25) is 0 Å². The molecule has 0 spiro atoms. The van der Waals surface area contributed by atoms with Crippen molar-refractivity contribution in [2.45, 2.75) is 40.8 Å². The summed E-state index contributed by atoms with van der Waals surface area (Å²) in [5.74, 6) is 0.596. The Hall–Kier alpha value is -4.70. The first kappa shape index (κ1) is 29.3. The number of thiophene rings is 1. The molecule has 6 rings (SSSR count). The molecule has 210 valence electrons. The second-order valence-electron chi connectivity index (χ2n) is 8.47. The summed E-state index contributed by atoms with van der Waals surface area (Å²) in [6, 6.07) is 17.8. The number of pyridine rings is 1. The van der Waals surface area contributed by atoms with Gasteiger partial charge in [-0.15, -0.1) is 11.3 Å². The Morgan fingerprint density at radius 3 is 2.46 bits per heavy atom. The highest BCUT2D eigenvalue weighted by Gasteiger charge is 2.12. The number of nitrogens with two attached hydrogens (primary N) is 1. The number of nitrogens with one attached hydrogen (secondary N) is 1. The average Bonchev–Trinajstić information content (AvgIpc) is 3.50. The van der Waals surface area contributed by atoms with E-state index in [1.54, 1.807) is 35.7 Å². The zero-order valence-electron chi connectivity index (χ0n) is 23.4. The highest BCUT2D eigenvalue weighted by atomic mass is 32.1. The molecule has 0 fully saturated rings. The SMILES string of the molecule is CC.CC.Nc1ncnc2ccc(-c3ccc(CNc4nccc5ncn(Cc6ccc(F)cc6)c(=O)c45)s3)cc12. The lowest BCUT2D eigenvalue weighted by Crippen LogP contribution is -2.22. The van der Waals surface area contributed by atoms with E-state index in [1.165, 1.54) is 29.4 Å². The van der Waals surface area contributed by atoms with Crippen molar-refractivity contribution in [1.29, 1.82) is 0 Å². The fourth-order valence-electron chi connectivity index (χ4n) is 4.16. The van der Waals surface area contributed by atoms with Crippen LogP contribution in [0.25, 0.3) is 32.2 Å². The Kier molecular flexibility index (Phi) is 9.70. The standard InChI is InChI=1S/C27H20FN7OS.2C2H6/c28-18-4-1-16(2-5-18)13-35-15-34-22-9-10-30-26(24(22)27(35)36)31-12-19-6-8-23(37-19)17-3-7-21-20(11-17)25(29)33-14-32-21;2*1-2/h1-11,14-15H,12-13H2,(H,30,31)(H2,29,32,33);2*1-2H3. The van der Waals surface area contributed by atoms with Crippen LogP contribution < -0.4 is 16.6 Å². The first-order valence-corrected chi connectivity index (χ1v) is 14.3. The van der Waals surface area contributed by atoms with Gasteiger partial charge in [0.25, 0.3) is 5.56 Å². The molecule has 0 unspecified atom stereocenters. The average molecular weight is 570 g/mol. The molecule has 0 bridgehead atoms. The molecule has 0 aliphatic heterocycles. The second kappa shape index (κ2) is 13.6. The Morgan fingerprint density at radius 2 is 1.68 bits per heavy atom. The van der Waals surface area contributed by atoms with Crippen LogP contribution in [0.1, 0.15) is 38.1 Å². The molecule has 0 aliphatic carbocycles. The number of hydrogen-bond donors (Lipinski definition) is 2. The quantitative estimate of drug-likeness (QED) is 0.224. The van der Waals surface area contributed by atoms with Gasteiger partial charge in [-0.25, -0.2) is 24.3 Å². The second-order valence-corrected chi connectivity index (χ2v) is 9.64. The summed E-state index contributed by atoms with van der Waals surface area (Å²) in [5.41, 5.74) is 9.00. The van der Waals surface area contributed by atoms with Crippen LogP contribution in [0.4, 0.5) is 16.0 Å². The summed E-state index contributed by atoms with van der Waals surface area (Å²) in [4.78, 5) is 32.6. The summed E-state index contributed by atoms with van der Waals surface area (Å²) in [6.07, 6.45) is 4.59. The van der Waals surface area contributed by atoms with Gasteiger partial charge in [0.1, 0.15) is 29.2 Å². The van der Waals surface area contributed by atoms with Gasteiger partial charge >= 0.3 is 0 Å². The van der Waals surface area contributed by atoms with Gasteiger partial charge in [-0.2, -0.15) is 0 Å². The maximum Gasteiger partial charge on any atom is 0.265 e. The lowest BCUT2D eigenvalue weighted by atomic mass is 10.1. The number of anilines is 2. The van der Waals surface area contributed by atoms with Crippen molar-refractivity contribution < 1.29 is 4.39 Å². The van der Waals surface area contributed by atoms with E-state index in [4.69, 9.17) is 5.73 Å². The predicted octanol–water partition coefficient (Wildman–Crippen LogP) is 6.90. The maximum atomic E-state index is 13.3. The molecule has 0 amide bonds. The van der Waals surface area contributed by atoms with Gasteiger partial charge in [0.15, 0.2) is 0 Å². The number of aromatic nitrogens is 5. The van der Waals surface area contributed by atoms with Crippen molar-refractivity contribution in [3.63, 3.8) is 0 Å². The Balaban J connectivity index is 0.000000929. The number of halogens is 1. The fourth-order valence-corrected chi connectivity index (χ4v) is 5.10. The molecule has 0 atom stereocenters. The fraction of sp³-hybridized carbons (Fsp3) is 0.194. The summed E-state index contributed by atoms with van der Waals surface area (Å²) in [7, 11) is 0. The molecular weight excluding hydrogens is 537 g/mol. The van der Waals surface area contributed by atoms with E-state index in [2.05, 4.69) is 31.3 Å². The molecule has 0 radical (unpaired) electrons. The molecule has 2 aromatic carbocycles. The van der Waals surface area contributed by atoms with Crippen molar-refractivity contribution in [3.05, 3.63) is 106 Å². The third kappa shape index (κ3) is 6.55. The Bertz CT molecular complexity index is 1820. The van der Waals surface area contributed by atoms with E-state index in [9.17, 15) is 9.18 Å². The zero-order chi connectivity index (χ0) is 29.4. The summed E-state index contributed by atoms with van der Waals surface area (Å²) < 4.78 is 14.8. The van der Waals surface area contributed by atoms with E-state index in [0.29, 0.717) is 29.1 Å². The van der Waals surface area contributed by atoms with Crippen molar-refractivity contribution in [1.82, 2.24) is 24.5 Å². The van der Waals surface area contributed by atoms with Gasteiger partial charge in [0, 0.05) is 21.3 Å². The molecule has 41 heavy (non-hydrogen) atoms. The Morgan fingerprint density at radius 1 is 0.902 bits per heavy atom. The van der Waals surface area contributed by atoms with E-state index >= 15 is 0 Å². The molecule has 8 nitrogen and oxygen atoms in total. The predicted molar refractivity (Wildman–Crippen MR) is 167 cm³/mol. The van der Waals surface area contributed by atoms with Crippen LogP contribution in [0.15, 0.2) is 84.3 Å². The lowest BCUT2D eigenvalue weighted by Gasteiger charge is -2.10. The van der Waals surface area contributed by atoms with Crippen molar-refractivity contribution in [2.24, 2.45) is 0 Å². The normalized spacial score (nSPS) is 10.5. The number of nitrogens with zero attached hydrogens (tertiary/aromatic N) is 5. The van der Waals surface area contributed by atoms with E-state index in [-0.39, 0.29) is 17.9 Å². The molecule has 4 heterocycles. The molecule has 0 saturated carbocycles. The zero-order valence-corrected chi connectivity index (χ0v) is 24.2. The third-order valence-electron chi connectivity index (χ3n) is 6.05. The van der Waals surface area contributed by atoms with Crippen molar-refractivity contribution in [3.8, 4) is 10.4 Å². The highest BCUT2D eigenvalue weighted by molar-refractivity contribution is 7.15. The van der Waals surface area contributed by atoms with Crippen LogP contribution in [0.5, 0.6) is 0 Å². The number of benzene rings is 2. The van der Waals surface area contributed by atoms with Crippen molar-refractivity contribution in [2.75, 3.05) is 11.1 Å². The van der Waals surface area contributed by atoms with Crippen LogP contribution in [-0.2, 0) is 13.1 Å². The van der Waals surface area contributed by atoms with Gasteiger partial charge < -0.3 is 11.1 Å². The maximum absolute atomic E-state index is 13.3. The number of fused-ring (bicyclic) bond motifs is 2. The van der Waals surface area contributed by atoms with Gasteiger partial charge in [-0.05, 0) is 53.6 Å². The van der Waals surface area contributed by atoms with E-state index in [0.717, 1.165) is 31.8 Å².